The molecule has 0 bridgehead atoms. The molecular formula is C13H22N4. The SMILES string of the molecule is CC[C@@H](N)c1ccc(N2CCN(C)CC2)cn1. The molecule has 94 valence electrons. The minimum atomic E-state index is 0.0662. The summed E-state index contributed by atoms with van der Waals surface area (Å²) in [7, 11) is 2.17. The van der Waals surface area contributed by atoms with Crippen molar-refractivity contribution in [3.8, 4) is 0 Å². The summed E-state index contributed by atoms with van der Waals surface area (Å²) in [6, 6.07) is 4.27. The first-order chi connectivity index (χ1) is 8.20. The van der Waals surface area contributed by atoms with Crippen LogP contribution in [-0.2, 0) is 0 Å². The standard InChI is InChI=1S/C13H22N4/c1-3-12(14)13-5-4-11(10-15-13)17-8-6-16(2)7-9-17/h4-5,10,12H,3,6-9,14H2,1-2H3/t12-/m1/s1. The van der Waals surface area contributed by atoms with Crippen molar-refractivity contribution in [3.63, 3.8) is 0 Å². The fourth-order valence-electron chi connectivity index (χ4n) is 2.08. The molecule has 1 atom stereocenters. The first kappa shape index (κ1) is 12.3. The number of likely N-dealkylation sites (N-methyl/N-ethyl adjacent to an activating group) is 1. The van der Waals surface area contributed by atoms with Crippen molar-refractivity contribution >= 4 is 5.69 Å². The van der Waals surface area contributed by atoms with Crippen LogP contribution in [0, 0.1) is 0 Å². The minimum Gasteiger partial charge on any atom is -0.368 e. The number of rotatable bonds is 3. The zero-order valence-electron chi connectivity index (χ0n) is 10.8. The van der Waals surface area contributed by atoms with Gasteiger partial charge >= 0.3 is 0 Å². The Balaban J connectivity index is 2.02. The summed E-state index contributed by atoms with van der Waals surface area (Å²) in [6.45, 7) is 6.49. The highest BCUT2D eigenvalue weighted by Gasteiger charge is 2.14. The van der Waals surface area contributed by atoms with Gasteiger partial charge in [-0.25, -0.2) is 0 Å². The third-order valence-corrected chi connectivity index (χ3v) is 3.46. The van der Waals surface area contributed by atoms with Crippen molar-refractivity contribution in [2.75, 3.05) is 38.1 Å². The predicted molar refractivity (Wildman–Crippen MR) is 71.2 cm³/mol. The molecule has 1 fully saturated rings. The summed E-state index contributed by atoms with van der Waals surface area (Å²) in [4.78, 5) is 9.20. The monoisotopic (exact) mass is 234 g/mol. The van der Waals surface area contributed by atoms with Gasteiger partial charge in [0.25, 0.3) is 0 Å². The van der Waals surface area contributed by atoms with Crippen LogP contribution in [0.4, 0.5) is 5.69 Å². The molecule has 0 aromatic carbocycles. The quantitative estimate of drug-likeness (QED) is 0.855. The average Bonchev–Trinajstić information content (AvgIpc) is 2.39. The fourth-order valence-corrected chi connectivity index (χ4v) is 2.08. The van der Waals surface area contributed by atoms with E-state index in [1.54, 1.807) is 0 Å². The molecule has 1 aliphatic heterocycles. The molecular weight excluding hydrogens is 212 g/mol. The highest BCUT2D eigenvalue weighted by Crippen LogP contribution is 2.18. The molecule has 0 amide bonds. The normalized spacial score (nSPS) is 19.4. The lowest BCUT2D eigenvalue weighted by Crippen LogP contribution is -2.44. The van der Waals surface area contributed by atoms with Gasteiger partial charge in [-0.1, -0.05) is 6.92 Å². The Hall–Kier alpha value is -1.13. The summed E-state index contributed by atoms with van der Waals surface area (Å²) in [6.07, 6.45) is 2.89. The maximum absolute atomic E-state index is 5.96. The van der Waals surface area contributed by atoms with Gasteiger partial charge in [0.15, 0.2) is 0 Å². The lowest BCUT2D eigenvalue weighted by Gasteiger charge is -2.33. The van der Waals surface area contributed by atoms with Gasteiger partial charge in [-0.05, 0) is 25.6 Å². The summed E-state index contributed by atoms with van der Waals surface area (Å²) < 4.78 is 0. The maximum Gasteiger partial charge on any atom is 0.0572 e. The van der Waals surface area contributed by atoms with Crippen LogP contribution < -0.4 is 10.6 Å². The van der Waals surface area contributed by atoms with E-state index in [-0.39, 0.29) is 6.04 Å². The molecule has 4 nitrogen and oxygen atoms in total. The highest BCUT2D eigenvalue weighted by atomic mass is 15.2. The number of hydrogen-bond acceptors (Lipinski definition) is 4. The van der Waals surface area contributed by atoms with E-state index in [0.29, 0.717) is 0 Å². The van der Waals surface area contributed by atoms with Crippen LogP contribution in [0.15, 0.2) is 18.3 Å². The number of nitrogens with zero attached hydrogens (tertiary/aromatic N) is 3. The third kappa shape index (κ3) is 2.96. The zero-order chi connectivity index (χ0) is 12.3. The lowest BCUT2D eigenvalue weighted by molar-refractivity contribution is 0.313. The number of nitrogens with two attached hydrogens (primary N) is 1. The number of piperazine rings is 1. The zero-order valence-corrected chi connectivity index (χ0v) is 10.8. The van der Waals surface area contributed by atoms with E-state index in [4.69, 9.17) is 5.73 Å². The van der Waals surface area contributed by atoms with Crippen LogP contribution in [0.25, 0.3) is 0 Å². The van der Waals surface area contributed by atoms with Crippen molar-refractivity contribution in [2.24, 2.45) is 5.73 Å². The van der Waals surface area contributed by atoms with Gasteiger partial charge in [0.2, 0.25) is 0 Å². The Bertz CT molecular complexity index is 341. The average molecular weight is 234 g/mol. The third-order valence-electron chi connectivity index (χ3n) is 3.46. The van der Waals surface area contributed by atoms with E-state index in [0.717, 1.165) is 38.3 Å². The van der Waals surface area contributed by atoms with E-state index < -0.39 is 0 Å². The predicted octanol–water partition coefficient (Wildman–Crippen LogP) is 1.24. The van der Waals surface area contributed by atoms with Crippen LogP contribution >= 0.6 is 0 Å². The van der Waals surface area contributed by atoms with Crippen LogP contribution in [0.5, 0.6) is 0 Å². The van der Waals surface area contributed by atoms with Crippen LogP contribution in [0.1, 0.15) is 25.1 Å². The van der Waals surface area contributed by atoms with Crippen molar-refractivity contribution in [1.29, 1.82) is 0 Å². The number of aromatic nitrogens is 1. The van der Waals surface area contributed by atoms with Crippen molar-refractivity contribution in [1.82, 2.24) is 9.88 Å². The molecule has 1 aliphatic rings. The van der Waals surface area contributed by atoms with Gasteiger partial charge in [0, 0.05) is 32.2 Å². The van der Waals surface area contributed by atoms with E-state index in [2.05, 4.69) is 40.9 Å². The number of anilines is 1. The molecule has 0 unspecified atom stereocenters. The van der Waals surface area contributed by atoms with Gasteiger partial charge in [-0.2, -0.15) is 0 Å². The smallest absolute Gasteiger partial charge is 0.0572 e. The molecule has 2 N–H and O–H groups in total. The first-order valence-corrected chi connectivity index (χ1v) is 6.35. The fraction of sp³-hybridized carbons (Fsp3) is 0.615. The molecule has 0 radical (unpaired) electrons. The Labute approximate surface area is 103 Å². The topological polar surface area (TPSA) is 45.4 Å². The van der Waals surface area contributed by atoms with E-state index in [1.165, 1.54) is 5.69 Å². The Morgan fingerprint density at radius 1 is 1.29 bits per heavy atom. The van der Waals surface area contributed by atoms with E-state index >= 15 is 0 Å². The Morgan fingerprint density at radius 2 is 2.00 bits per heavy atom. The lowest BCUT2D eigenvalue weighted by atomic mass is 10.1. The molecule has 1 saturated heterocycles. The number of hydrogen-bond donors (Lipinski definition) is 1. The molecule has 4 heteroatoms. The number of pyridine rings is 1. The van der Waals surface area contributed by atoms with Gasteiger partial charge in [0.05, 0.1) is 17.6 Å². The summed E-state index contributed by atoms with van der Waals surface area (Å²) in [5.74, 6) is 0. The van der Waals surface area contributed by atoms with Gasteiger partial charge in [-0.15, -0.1) is 0 Å². The molecule has 0 spiro atoms. The molecule has 1 aromatic heterocycles. The van der Waals surface area contributed by atoms with Crippen molar-refractivity contribution in [2.45, 2.75) is 19.4 Å². The van der Waals surface area contributed by atoms with Crippen LogP contribution in [0.2, 0.25) is 0 Å². The summed E-state index contributed by atoms with van der Waals surface area (Å²) in [5.41, 5.74) is 8.16. The Morgan fingerprint density at radius 3 is 2.53 bits per heavy atom. The van der Waals surface area contributed by atoms with Gasteiger partial charge in [0.1, 0.15) is 0 Å². The van der Waals surface area contributed by atoms with Crippen molar-refractivity contribution in [3.05, 3.63) is 24.0 Å². The molecule has 2 heterocycles. The van der Waals surface area contributed by atoms with Crippen LogP contribution in [-0.4, -0.2) is 43.1 Å². The largest absolute Gasteiger partial charge is 0.368 e. The Kier molecular flexibility index (Phi) is 3.97. The molecule has 2 rings (SSSR count). The van der Waals surface area contributed by atoms with E-state index in [1.807, 2.05) is 6.20 Å². The molecule has 17 heavy (non-hydrogen) atoms. The second-order valence-corrected chi connectivity index (χ2v) is 4.75. The van der Waals surface area contributed by atoms with Gasteiger partial charge < -0.3 is 15.5 Å². The van der Waals surface area contributed by atoms with E-state index in [9.17, 15) is 0 Å². The summed E-state index contributed by atoms with van der Waals surface area (Å²) in [5, 5.41) is 0. The van der Waals surface area contributed by atoms with Gasteiger partial charge in [-0.3, -0.25) is 4.98 Å². The molecule has 0 saturated carbocycles. The minimum absolute atomic E-state index is 0.0662. The second kappa shape index (κ2) is 5.47. The first-order valence-electron chi connectivity index (χ1n) is 6.35. The molecule has 1 aromatic rings. The summed E-state index contributed by atoms with van der Waals surface area (Å²) >= 11 is 0. The molecule has 0 aliphatic carbocycles. The van der Waals surface area contributed by atoms with Crippen LogP contribution in [0.3, 0.4) is 0 Å². The second-order valence-electron chi connectivity index (χ2n) is 4.75. The highest BCUT2D eigenvalue weighted by molar-refractivity contribution is 5.45. The van der Waals surface area contributed by atoms with Crippen molar-refractivity contribution < 1.29 is 0 Å². The maximum atomic E-state index is 5.96.